The van der Waals surface area contributed by atoms with Crippen LogP contribution in [0.4, 0.5) is 17.1 Å². The molecular formula is C63H39NO2. The maximum atomic E-state index is 7.16. The Kier molecular flexibility index (Phi) is 7.90. The summed E-state index contributed by atoms with van der Waals surface area (Å²) in [6.45, 7) is 0. The molecule has 3 heteroatoms. The first-order chi connectivity index (χ1) is 32.7. The molecule has 1 aliphatic carbocycles. The van der Waals surface area contributed by atoms with Crippen LogP contribution in [0, 0.1) is 0 Å². The third kappa shape index (κ3) is 5.32. The number of benzene rings is 11. The molecule has 0 saturated carbocycles. The first-order valence-corrected chi connectivity index (χ1v) is 22.6. The minimum atomic E-state index is -0.582. The molecule has 66 heavy (non-hydrogen) atoms. The molecule has 2 aliphatic rings. The molecule has 1 aliphatic heterocycles. The van der Waals surface area contributed by atoms with E-state index in [0.29, 0.717) is 0 Å². The van der Waals surface area contributed by atoms with Gasteiger partial charge in [-0.05, 0) is 104 Å². The topological polar surface area (TPSA) is 25.6 Å². The first kappa shape index (κ1) is 36.8. The fourth-order valence-electron chi connectivity index (χ4n) is 11.1. The Bertz CT molecular complexity index is 3830. The fraction of sp³-hybridized carbons (Fsp3) is 0.0159. The number of nitrogens with zero attached hydrogens (tertiary/aromatic N) is 1. The zero-order valence-electron chi connectivity index (χ0n) is 35.8. The maximum Gasteiger partial charge on any atom is 0.140 e. The molecule has 11 aromatic carbocycles. The van der Waals surface area contributed by atoms with Gasteiger partial charge in [0.2, 0.25) is 0 Å². The predicted octanol–water partition coefficient (Wildman–Crippen LogP) is 17.2. The second kappa shape index (κ2) is 14.2. The lowest BCUT2D eigenvalue weighted by Crippen LogP contribution is -2.32. The van der Waals surface area contributed by atoms with Crippen molar-refractivity contribution in [1.29, 1.82) is 0 Å². The molecule has 0 atom stereocenters. The monoisotopic (exact) mass is 841 g/mol. The highest BCUT2D eigenvalue weighted by Gasteiger charge is 2.51. The number of ether oxygens (including phenoxy) is 1. The van der Waals surface area contributed by atoms with Gasteiger partial charge in [-0.1, -0.05) is 182 Å². The van der Waals surface area contributed by atoms with Crippen LogP contribution in [0.2, 0.25) is 0 Å². The van der Waals surface area contributed by atoms with Gasteiger partial charge in [0.15, 0.2) is 0 Å². The molecule has 0 radical (unpaired) electrons. The average molecular weight is 842 g/mol. The Labute approximate surface area is 382 Å². The highest BCUT2D eigenvalue weighted by Crippen LogP contribution is 2.64. The van der Waals surface area contributed by atoms with Crippen molar-refractivity contribution in [2.75, 3.05) is 4.90 Å². The van der Waals surface area contributed by atoms with E-state index >= 15 is 0 Å². The minimum absolute atomic E-state index is 0.582. The predicted molar refractivity (Wildman–Crippen MR) is 272 cm³/mol. The van der Waals surface area contributed by atoms with Gasteiger partial charge in [0.05, 0.1) is 5.41 Å². The molecule has 1 aromatic heterocycles. The summed E-state index contributed by atoms with van der Waals surface area (Å²) in [5.74, 6) is 1.86. The van der Waals surface area contributed by atoms with Gasteiger partial charge in [-0.25, -0.2) is 0 Å². The molecule has 14 rings (SSSR count). The standard InChI is InChI=1S/C63H39NO2/c1-2-13-40(14-3-1)44-17-12-18-47(37-44)64(48-32-33-53-52-22-9-11-24-59(52)65-60(53)39-48)46-30-25-41(26-31-46)45-29-34-56-54(38-45)51-21-8-10-23-55(51)63(56)57-35-27-42-15-4-6-19-49(42)61(57)66-62-50-20-7-5-16-43(50)28-36-58(62)63/h1-39H. The van der Waals surface area contributed by atoms with Crippen molar-refractivity contribution in [1.82, 2.24) is 0 Å². The maximum absolute atomic E-state index is 7.16. The highest BCUT2D eigenvalue weighted by molar-refractivity contribution is 6.06. The van der Waals surface area contributed by atoms with Gasteiger partial charge in [0.25, 0.3) is 0 Å². The number of hydrogen-bond donors (Lipinski definition) is 0. The second-order valence-electron chi connectivity index (χ2n) is 17.6. The molecule has 0 bridgehead atoms. The van der Waals surface area contributed by atoms with Crippen molar-refractivity contribution in [3.8, 4) is 44.9 Å². The number of rotatable bonds is 5. The minimum Gasteiger partial charge on any atom is -0.456 e. The van der Waals surface area contributed by atoms with Crippen molar-refractivity contribution >= 4 is 60.5 Å². The average Bonchev–Trinajstić information content (AvgIpc) is 3.90. The van der Waals surface area contributed by atoms with E-state index in [1.165, 1.54) is 38.9 Å². The van der Waals surface area contributed by atoms with Crippen LogP contribution in [0.1, 0.15) is 22.3 Å². The summed E-state index contributed by atoms with van der Waals surface area (Å²) >= 11 is 0. The summed E-state index contributed by atoms with van der Waals surface area (Å²) < 4.78 is 13.6. The van der Waals surface area contributed by atoms with Crippen LogP contribution in [-0.2, 0) is 5.41 Å². The lowest BCUT2D eigenvalue weighted by molar-refractivity contribution is 0.447. The quantitative estimate of drug-likeness (QED) is 0.173. The Morgan fingerprint density at radius 1 is 0.303 bits per heavy atom. The first-order valence-electron chi connectivity index (χ1n) is 22.6. The van der Waals surface area contributed by atoms with Crippen LogP contribution in [-0.4, -0.2) is 0 Å². The van der Waals surface area contributed by atoms with Crippen molar-refractivity contribution in [3.05, 3.63) is 259 Å². The number of anilines is 3. The van der Waals surface area contributed by atoms with Gasteiger partial charge in [0, 0.05) is 55.8 Å². The van der Waals surface area contributed by atoms with Gasteiger partial charge in [-0.2, -0.15) is 0 Å². The third-order valence-corrected chi connectivity index (χ3v) is 14.1. The SMILES string of the molecule is c1ccc(-c2cccc(N(c3ccc(-c4ccc5c(c4)-c4ccccc4C54c5ccc6ccccc6c5Oc5c4ccc4ccccc54)cc3)c3ccc4c(c3)oc3ccccc34)c2)cc1. The van der Waals surface area contributed by atoms with E-state index in [1.807, 2.05) is 12.1 Å². The van der Waals surface area contributed by atoms with Crippen molar-refractivity contribution in [2.45, 2.75) is 5.41 Å². The van der Waals surface area contributed by atoms with E-state index < -0.39 is 5.41 Å². The summed E-state index contributed by atoms with van der Waals surface area (Å²) in [4.78, 5) is 2.33. The van der Waals surface area contributed by atoms with Crippen LogP contribution >= 0.6 is 0 Å². The molecular weight excluding hydrogens is 803 g/mol. The van der Waals surface area contributed by atoms with E-state index in [-0.39, 0.29) is 0 Å². The molecule has 3 nitrogen and oxygen atoms in total. The molecule has 1 spiro atoms. The summed E-state index contributed by atoms with van der Waals surface area (Å²) in [6.07, 6.45) is 0. The van der Waals surface area contributed by atoms with E-state index in [0.717, 1.165) is 88.7 Å². The molecule has 0 amide bonds. The summed E-state index contributed by atoms with van der Waals surface area (Å²) in [5, 5.41) is 6.80. The van der Waals surface area contributed by atoms with E-state index in [4.69, 9.17) is 9.15 Å². The van der Waals surface area contributed by atoms with Crippen LogP contribution < -0.4 is 9.64 Å². The lowest BCUT2D eigenvalue weighted by Gasteiger charge is -2.40. The highest BCUT2D eigenvalue weighted by atomic mass is 16.5. The summed E-state index contributed by atoms with van der Waals surface area (Å²) in [5.41, 5.74) is 16.3. The number of hydrogen-bond acceptors (Lipinski definition) is 3. The largest absolute Gasteiger partial charge is 0.456 e. The smallest absolute Gasteiger partial charge is 0.140 e. The van der Waals surface area contributed by atoms with Crippen LogP contribution in [0.15, 0.2) is 241 Å². The zero-order valence-corrected chi connectivity index (χ0v) is 35.8. The van der Waals surface area contributed by atoms with Crippen LogP contribution in [0.25, 0.3) is 76.9 Å². The van der Waals surface area contributed by atoms with E-state index in [2.05, 4.69) is 229 Å². The molecule has 0 N–H and O–H groups in total. The fourth-order valence-corrected chi connectivity index (χ4v) is 11.1. The Hall–Kier alpha value is -8.66. The van der Waals surface area contributed by atoms with E-state index in [9.17, 15) is 0 Å². The van der Waals surface area contributed by atoms with Gasteiger partial charge in [0.1, 0.15) is 22.7 Å². The molecule has 2 heterocycles. The van der Waals surface area contributed by atoms with Crippen LogP contribution in [0.5, 0.6) is 11.5 Å². The Balaban J connectivity index is 0.923. The molecule has 0 unspecified atom stereocenters. The molecule has 0 saturated heterocycles. The number of para-hydroxylation sites is 1. The number of fused-ring (bicyclic) bond motifs is 16. The van der Waals surface area contributed by atoms with E-state index in [1.54, 1.807) is 0 Å². The Morgan fingerprint density at radius 3 is 1.62 bits per heavy atom. The number of furan rings is 1. The van der Waals surface area contributed by atoms with Crippen molar-refractivity contribution in [2.24, 2.45) is 0 Å². The normalized spacial score (nSPS) is 13.1. The van der Waals surface area contributed by atoms with Gasteiger partial charge < -0.3 is 14.1 Å². The van der Waals surface area contributed by atoms with Crippen molar-refractivity contribution < 1.29 is 9.15 Å². The lowest BCUT2D eigenvalue weighted by atomic mass is 9.65. The van der Waals surface area contributed by atoms with Crippen molar-refractivity contribution in [3.63, 3.8) is 0 Å². The van der Waals surface area contributed by atoms with Gasteiger partial charge >= 0.3 is 0 Å². The second-order valence-corrected chi connectivity index (χ2v) is 17.6. The Morgan fingerprint density at radius 2 is 0.848 bits per heavy atom. The third-order valence-electron chi connectivity index (χ3n) is 14.1. The van der Waals surface area contributed by atoms with Crippen LogP contribution in [0.3, 0.4) is 0 Å². The summed E-state index contributed by atoms with van der Waals surface area (Å²) in [6, 6.07) is 85.7. The molecule has 308 valence electrons. The van der Waals surface area contributed by atoms with Gasteiger partial charge in [-0.3, -0.25) is 0 Å². The van der Waals surface area contributed by atoms with Gasteiger partial charge in [-0.15, -0.1) is 0 Å². The summed E-state index contributed by atoms with van der Waals surface area (Å²) in [7, 11) is 0. The zero-order chi connectivity index (χ0) is 43.3. The molecule has 0 fully saturated rings. The molecule has 12 aromatic rings.